The van der Waals surface area contributed by atoms with Crippen LogP contribution in [0, 0.1) is 10.1 Å². The highest BCUT2D eigenvalue weighted by atomic mass is 19.4. The summed E-state index contributed by atoms with van der Waals surface area (Å²) in [6.07, 6.45) is -4.70. The van der Waals surface area contributed by atoms with E-state index in [1.165, 1.54) is 59.5 Å². The lowest BCUT2D eigenvalue weighted by molar-refractivity contribution is -0.384. The lowest BCUT2D eigenvalue weighted by Crippen LogP contribution is -2.23. The molecule has 13 heteroatoms. The van der Waals surface area contributed by atoms with Gasteiger partial charge < -0.3 is 9.84 Å². The number of non-ortho nitro benzene ring substituents is 1. The van der Waals surface area contributed by atoms with E-state index in [0.717, 1.165) is 17.0 Å². The van der Waals surface area contributed by atoms with Crippen LogP contribution in [0.2, 0.25) is 0 Å². The van der Waals surface area contributed by atoms with Gasteiger partial charge in [0.25, 0.3) is 5.69 Å². The third-order valence-corrected chi connectivity index (χ3v) is 4.72. The maximum atomic E-state index is 12.3. The number of benzene rings is 3. The number of amides is 1. The van der Waals surface area contributed by atoms with E-state index in [1.54, 1.807) is 12.1 Å². The molecule has 0 radical (unpaired) electrons. The van der Waals surface area contributed by atoms with E-state index >= 15 is 0 Å². The number of nitrogens with zero attached hydrogens (tertiary/aromatic N) is 5. The summed E-state index contributed by atoms with van der Waals surface area (Å²) in [6.45, 7) is 0. The molecule has 178 valence electrons. The topological polar surface area (TPSA) is 124 Å². The van der Waals surface area contributed by atoms with Gasteiger partial charge in [0, 0.05) is 17.7 Å². The highest BCUT2D eigenvalue weighted by Crippen LogP contribution is 2.29. The lowest BCUT2D eigenvalue weighted by atomic mass is 10.1. The van der Waals surface area contributed by atoms with Crippen LogP contribution in [0.15, 0.2) is 79.1 Å². The van der Waals surface area contributed by atoms with E-state index in [-0.39, 0.29) is 22.8 Å². The van der Waals surface area contributed by atoms with E-state index < -0.39 is 17.4 Å². The van der Waals surface area contributed by atoms with Crippen LogP contribution in [0.4, 0.5) is 35.0 Å². The highest BCUT2D eigenvalue weighted by molar-refractivity contribution is 5.95. The molecular formula is C22H14F3N5O5. The Kier molecular flexibility index (Phi) is 6.06. The molecule has 0 bridgehead atoms. The van der Waals surface area contributed by atoms with Gasteiger partial charge in [0.15, 0.2) is 5.82 Å². The van der Waals surface area contributed by atoms with Crippen molar-refractivity contribution in [1.82, 2.24) is 14.8 Å². The zero-order valence-corrected chi connectivity index (χ0v) is 17.5. The first kappa shape index (κ1) is 23.2. The van der Waals surface area contributed by atoms with Crippen LogP contribution >= 0.6 is 0 Å². The molecule has 35 heavy (non-hydrogen) atoms. The van der Waals surface area contributed by atoms with Crippen molar-refractivity contribution in [1.29, 1.82) is 0 Å². The summed E-state index contributed by atoms with van der Waals surface area (Å²) < 4.78 is 42.1. The number of hydrogen-bond donors (Lipinski definition) is 1. The van der Waals surface area contributed by atoms with Crippen LogP contribution in [0.25, 0.3) is 17.1 Å². The second-order valence-corrected chi connectivity index (χ2v) is 6.99. The number of rotatable bonds is 6. The lowest BCUT2D eigenvalue weighted by Gasteiger charge is -2.19. The molecule has 1 heterocycles. The first-order chi connectivity index (χ1) is 16.6. The Balaban J connectivity index is 1.54. The average molecular weight is 485 g/mol. The van der Waals surface area contributed by atoms with Gasteiger partial charge in [-0.3, -0.25) is 10.1 Å². The molecule has 0 saturated carbocycles. The van der Waals surface area contributed by atoms with Gasteiger partial charge in [-0.05, 0) is 60.7 Å². The van der Waals surface area contributed by atoms with Crippen molar-refractivity contribution < 1.29 is 32.7 Å². The zero-order valence-electron chi connectivity index (χ0n) is 17.5. The monoisotopic (exact) mass is 485 g/mol. The van der Waals surface area contributed by atoms with Gasteiger partial charge in [-0.25, -0.2) is 19.4 Å². The Morgan fingerprint density at radius 1 is 0.971 bits per heavy atom. The summed E-state index contributed by atoms with van der Waals surface area (Å²) in [4.78, 5) is 27.2. The Labute approximate surface area is 194 Å². The van der Waals surface area contributed by atoms with E-state index in [9.17, 15) is 33.2 Å². The maximum Gasteiger partial charge on any atom is 0.573 e. The van der Waals surface area contributed by atoms with Crippen molar-refractivity contribution in [3.8, 4) is 22.8 Å². The maximum absolute atomic E-state index is 12.3. The molecular weight excluding hydrogens is 471 g/mol. The minimum atomic E-state index is -4.79. The summed E-state index contributed by atoms with van der Waals surface area (Å²) >= 11 is 0. The number of carboxylic acid groups (broad SMARTS) is 1. The Morgan fingerprint density at radius 2 is 1.54 bits per heavy atom. The van der Waals surface area contributed by atoms with Crippen LogP contribution in [-0.4, -0.2) is 37.2 Å². The summed E-state index contributed by atoms with van der Waals surface area (Å²) in [5, 5.41) is 24.8. The van der Waals surface area contributed by atoms with Crippen molar-refractivity contribution >= 4 is 23.2 Å². The molecule has 4 aromatic rings. The van der Waals surface area contributed by atoms with Gasteiger partial charge in [0.2, 0.25) is 0 Å². The van der Waals surface area contributed by atoms with E-state index in [0.29, 0.717) is 17.1 Å². The molecule has 0 fully saturated rings. The quantitative estimate of drug-likeness (QED) is 0.280. The second kappa shape index (κ2) is 9.13. The van der Waals surface area contributed by atoms with Crippen molar-refractivity contribution in [3.05, 3.63) is 89.2 Å². The minimum Gasteiger partial charge on any atom is -0.464 e. The number of anilines is 2. The molecule has 0 aliphatic carbocycles. The molecule has 1 N–H and O–H groups in total. The number of nitro benzene ring substituents is 1. The SMILES string of the molecule is O=C(O)N(c1ccc(-c2ncn(-c3ccc(OC(F)(F)F)cc3)n2)cc1)c1ccc([N+](=O)[O-])cc1. The number of ether oxygens (including phenoxy) is 1. The predicted octanol–water partition coefficient (Wildman–Crippen LogP) is 5.56. The van der Waals surface area contributed by atoms with Gasteiger partial charge in [-0.1, -0.05) is 0 Å². The van der Waals surface area contributed by atoms with Crippen LogP contribution in [0.3, 0.4) is 0 Å². The van der Waals surface area contributed by atoms with Crippen LogP contribution in [0.1, 0.15) is 0 Å². The molecule has 3 aromatic carbocycles. The number of alkyl halides is 3. The minimum absolute atomic E-state index is 0.168. The Bertz CT molecular complexity index is 1350. The van der Waals surface area contributed by atoms with Crippen LogP contribution in [0.5, 0.6) is 5.75 Å². The second-order valence-electron chi connectivity index (χ2n) is 6.99. The standard InChI is InChI=1S/C22H14F3N5O5/c23-22(24,25)35-19-11-9-15(10-12-19)28-13-26-20(27-28)14-1-3-16(4-2-14)29(21(31)32)17-5-7-18(8-6-17)30(33)34/h1-13H,(H,31,32). The fraction of sp³-hybridized carbons (Fsp3) is 0.0455. The van der Waals surface area contributed by atoms with E-state index in [1.807, 2.05) is 0 Å². The Hall–Kier alpha value is -4.94. The van der Waals surface area contributed by atoms with Gasteiger partial charge in [-0.2, -0.15) is 0 Å². The van der Waals surface area contributed by atoms with Crippen molar-refractivity contribution in [3.63, 3.8) is 0 Å². The number of aromatic nitrogens is 3. The molecule has 0 atom stereocenters. The van der Waals surface area contributed by atoms with Gasteiger partial charge in [-0.15, -0.1) is 18.3 Å². The summed E-state index contributed by atoms with van der Waals surface area (Å²) in [5.41, 5.74) is 1.34. The number of carbonyl (C=O) groups is 1. The summed E-state index contributed by atoms with van der Waals surface area (Å²) in [7, 11) is 0. The molecule has 4 rings (SSSR count). The predicted molar refractivity (Wildman–Crippen MR) is 117 cm³/mol. The third kappa shape index (κ3) is 5.35. The molecule has 0 saturated heterocycles. The first-order valence-corrected chi connectivity index (χ1v) is 9.76. The van der Waals surface area contributed by atoms with Gasteiger partial charge in [0.05, 0.1) is 22.0 Å². The molecule has 1 aromatic heterocycles. The summed E-state index contributed by atoms with van der Waals surface area (Å²) in [5.74, 6) is -0.0717. The fourth-order valence-corrected chi connectivity index (χ4v) is 3.17. The smallest absolute Gasteiger partial charge is 0.464 e. The first-order valence-electron chi connectivity index (χ1n) is 9.76. The van der Waals surface area contributed by atoms with Gasteiger partial charge >= 0.3 is 12.5 Å². The fourth-order valence-electron chi connectivity index (χ4n) is 3.17. The number of nitro groups is 1. The zero-order chi connectivity index (χ0) is 25.2. The Morgan fingerprint density at radius 3 is 2.06 bits per heavy atom. The van der Waals surface area contributed by atoms with Gasteiger partial charge in [0.1, 0.15) is 12.1 Å². The van der Waals surface area contributed by atoms with Crippen LogP contribution in [-0.2, 0) is 0 Å². The average Bonchev–Trinajstić information content (AvgIpc) is 3.29. The molecule has 0 unspecified atom stereocenters. The van der Waals surface area contributed by atoms with Crippen molar-refractivity contribution in [2.75, 3.05) is 4.90 Å². The molecule has 1 amide bonds. The number of halogens is 3. The normalized spacial score (nSPS) is 11.2. The van der Waals surface area contributed by atoms with Crippen LogP contribution < -0.4 is 9.64 Å². The largest absolute Gasteiger partial charge is 0.573 e. The molecule has 0 aliphatic heterocycles. The summed E-state index contributed by atoms with van der Waals surface area (Å²) in [6, 6.07) is 16.4. The molecule has 0 spiro atoms. The molecule has 10 nitrogen and oxygen atoms in total. The van der Waals surface area contributed by atoms with Crippen molar-refractivity contribution in [2.24, 2.45) is 0 Å². The highest BCUT2D eigenvalue weighted by Gasteiger charge is 2.31. The number of hydrogen-bond acceptors (Lipinski definition) is 6. The molecule has 0 aliphatic rings. The third-order valence-electron chi connectivity index (χ3n) is 4.72. The van der Waals surface area contributed by atoms with E-state index in [4.69, 9.17) is 0 Å². The van der Waals surface area contributed by atoms with Crippen molar-refractivity contribution in [2.45, 2.75) is 6.36 Å². The van der Waals surface area contributed by atoms with E-state index in [2.05, 4.69) is 14.8 Å².